The Kier molecular flexibility index (Phi) is 6.52. The van der Waals surface area contributed by atoms with Gasteiger partial charge in [0, 0.05) is 24.9 Å². The van der Waals surface area contributed by atoms with Gasteiger partial charge in [-0.25, -0.2) is 4.39 Å². The summed E-state index contributed by atoms with van der Waals surface area (Å²) in [5.74, 6) is -1.30. The molecule has 0 unspecified atom stereocenters. The van der Waals surface area contributed by atoms with Crippen LogP contribution in [0.2, 0.25) is 0 Å². The smallest absolute Gasteiger partial charge is 0.242 e. The lowest BCUT2D eigenvalue weighted by molar-refractivity contribution is -0.128. The molecule has 0 aliphatic carbocycles. The van der Waals surface area contributed by atoms with Crippen LogP contribution in [-0.4, -0.2) is 30.2 Å². The van der Waals surface area contributed by atoms with E-state index in [1.165, 1.54) is 24.3 Å². The van der Waals surface area contributed by atoms with Crippen molar-refractivity contribution in [2.45, 2.75) is 32.7 Å². The number of hydrogen-bond donors (Lipinski definition) is 2. The molecule has 0 spiro atoms. The van der Waals surface area contributed by atoms with Gasteiger partial charge in [-0.15, -0.1) is 0 Å². The van der Waals surface area contributed by atoms with Crippen LogP contribution in [0.3, 0.4) is 0 Å². The van der Waals surface area contributed by atoms with E-state index in [-0.39, 0.29) is 30.4 Å². The Bertz CT molecular complexity index is 514. The first-order chi connectivity index (χ1) is 9.93. The normalized spacial score (nSPS) is 11.6. The van der Waals surface area contributed by atoms with E-state index in [1.54, 1.807) is 13.8 Å². The molecule has 1 rings (SSSR count). The Labute approximate surface area is 122 Å². The molecule has 0 aliphatic heterocycles. The highest BCUT2D eigenvalue weighted by Gasteiger charge is 2.15. The minimum Gasteiger partial charge on any atom is -0.355 e. The summed E-state index contributed by atoms with van der Waals surface area (Å²) in [6.45, 7) is 3.85. The lowest BCUT2D eigenvalue weighted by atomic mass is 10.1. The molecular weight excluding hydrogens is 275 g/mol. The van der Waals surface area contributed by atoms with Crippen molar-refractivity contribution in [3.05, 3.63) is 35.6 Å². The molecular formula is C15H19FN2O3. The summed E-state index contributed by atoms with van der Waals surface area (Å²) >= 11 is 0. The highest BCUT2D eigenvalue weighted by atomic mass is 19.1. The summed E-state index contributed by atoms with van der Waals surface area (Å²) < 4.78 is 12.7. The predicted octanol–water partition coefficient (Wildman–Crippen LogP) is 1.43. The maximum absolute atomic E-state index is 12.7. The molecule has 21 heavy (non-hydrogen) atoms. The number of Topliss-reactive ketones (excluding diaryl/α,β-unsaturated/α-hetero) is 1. The van der Waals surface area contributed by atoms with E-state index < -0.39 is 11.9 Å². The van der Waals surface area contributed by atoms with Gasteiger partial charge in [-0.2, -0.15) is 0 Å². The van der Waals surface area contributed by atoms with E-state index >= 15 is 0 Å². The second-order valence-corrected chi connectivity index (χ2v) is 4.61. The van der Waals surface area contributed by atoms with Crippen molar-refractivity contribution in [1.29, 1.82) is 0 Å². The summed E-state index contributed by atoms with van der Waals surface area (Å²) in [4.78, 5) is 34.9. The van der Waals surface area contributed by atoms with Gasteiger partial charge in [0.2, 0.25) is 11.8 Å². The average molecular weight is 294 g/mol. The quantitative estimate of drug-likeness (QED) is 0.747. The van der Waals surface area contributed by atoms with E-state index in [4.69, 9.17) is 0 Å². The van der Waals surface area contributed by atoms with Crippen LogP contribution in [0.1, 0.15) is 37.0 Å². The summed E-state index contributed by atoms with van der Waals surface area (Å²) in [7, 11) is 0. The number of likely N-dealkylation sites (N-methyl/N-ethyl adjacent to an activating group) is 1. The second-order valence-electron chi connectivity index (χ2n) is 4.61. The second kappa shape index (κ2) is 8.14. The Balaban J connectivity index is 2.40. The van der Waals surface area contributed by atoms with Gasteiger partial charge in [-0.05, 0) is 38.1 Å². The molecule has 0 aliphatic rings. The molecule has 114 valence electrons. The number of ketones is 1. The number of halogens is 1. The first-order valence-electron chi connectivity index (χ1n) is 6.80. The number of nitrogens with one attached hydrogen (secondary N) is 2. The molecule has 1 atom stereocenters. The molecule has 0 fully saturated rings. The summed E-state index contributed by atoms with van der Waals surface area (Å²) in [6.07, 6.45) is -0.000459. The Morgan fingerprint density at radius 3 is 2.33 bits per heavy atom. The molecule has 0 heterocycles. The van der Waals surface area contributed by atoms with Crippen LogP contribution < -0.4 is 10.6 Å². The summed E-state index contributed by atoms with van der Waals surface area (Å²) in [5, 5.41) is 5.11. The number of carbonyl (C=O) groups is 3. The van der Waals surface area contributed by atoms with Gasteiger partial charge < -0.3 is 10.6 Å². The van der Waals surface area contributed by atoms with Crippen molar-refractivity contribution in [3.63, 3.8) is 0 Å². The molecule has 1 aromatic rings. The summed E-state index contributed by atoms with van der Waals surface area (Å²) in [6, 6.07) is 4.52. The van der Waals surface area contributed by atoms with E-state index in [0.29, 0.717) is 12.1 Å². The van der Waals surface area contributed by atoms with Gasteiger partial charge >= 0.3 is 0 Å². The minimum atomic E-state index is -0.640. The molecule has 0 saturated carbocycles. The Morgan fingerprint density at radius 2 is 1.76 bits per heavy atom. The fourth-order valence-corrected chi connectivity index (χ4v) is 1.71. The minimum absolute atomic E-state index is 0.0135. The Hall–Kier alpha value is -2.24. The van der Waals surface area contributed by atoms with Crippen molar-refractivity contribution >= 4 is 17.6 Å². The first kappa shape index (κ1) is 16.8. The third-order valence-corrected chi connectivity index (χ3v) is 2.87. The number of amides is 2. The standard InChI is InChI=1S/C15H19FN2O3/c1-3-17-15(21)10(2)18-14(20)9-8-13(19)11-4-6-12(16)7-5-11/h4-7,10H,3,8-9H2,1-2H3,(H,17,21)(H,18,20)/t10-/m0/s1. The highest BCUT2D eigenvalue weighted by molar-refractivity contribution is 5.98. The number of rotatable bonds is 7. The largest absolute Gasteiger partial charge is 0.355 e. The number of carbonyl (C=O) groups excluding carboxylic acids is 3. The lowest BCUT2D eigenvalue weighted by Crippen LogP contribution is -2.44. The number of hydrogen-bond acceptors (Lipinski definition) is 3. The molecule has 2 N–H and O–H groups in total. The van der Waals surface area contributed by atoms with Crippen LogP contribution in [0.4, 0.5) is 4.39 Å². The third kappa shape index (κ3) is 5.72. The van der Waals surface area contributed by atoms with Crippen LogP contribution in [0.5, 0.6) is 0 Å². The molecule has 2 amide bonds. The van der Waals surface area contributed by atoms with E-state index in [2.05, 4.69) is 10.6 Å². The zero-order valence-corrected chi connectivity index (χ0v) is 12.1. The van der Waals surface area contributed by atoms with Crippen LogP contribution >= 0.6 is 0 Å². The van der Waals surface area contributed by atoms with E-state index in [1.807, 2.05) is 0 Å². The topological polar surface area (TPSA) is 75.3 Å². The lowest BCUT2D eigenvalue weighted by Gasteiger charge is -2.13. The van der Waals surface area contributed by atoms with Gasteiger partial charge in [0.05, 0.1) is 0 Å². The van der Waals surface area contributed by atoms with Crippen molar-refractivity contribution < 1.29 is 18.8 Å². The van der Waals surface area contributed by atoms with Crippen LogP contribution in [-0.2, 0) is 9.59 Å². The third-order valence-electron chi connectivity index (χ3n) is 2.87. The fourth-order valence-electron chi connectivity index (χ4n) is 1.71. The van der Waals surface area contributed by atoms with Crippen LogP contribution in [0.25, 0.3) is 0 Å². The average Bonchev–Trinajstić information content (AvgIpc) is 2.45. The molecule has 0 bridgehead atoms. The van der Waals surface area contributed by atoms with E-state index in [9.17, 15) is 18.8 Å². The molecule has 0 saturated heterocycles. The SMILES string of the molecule is CCNC(=O)[C@H](C)NC(=O)CCC(=O)c1ccc(F)cc1. The van der Waals surface area contributed by atoms with Crippen molar-refractivity contribution in [1.82, 2.24) is 10.6 Å². The maximum atomic E-state index is 12.7. The summed E-state index contributed by atoms with van der Waals surface area (Å²) in [5.41, 5.74) is 0.362. The van der Waals surface area contributed by atoms with Gasteiger partial charge in [0.1, 0.15) is 11.9 Å². The predicted molar refractivity (Wildman–Crippen MR) is 76.3 cm³/mol. The monoisotopic (exact) mass is 294 g/mol. The van der Waals surface area contributed by atoms with Gasteiger partial charge in [-0.1, -0.05) is 0 Å². The first-order valence-corrected chi connectivity index (χ1v) is 6.80. The molecule has 0 radical (unpaired) electrons. The Morgan fingerprint density at radius 1 is 1.14 bits per heavy atom. The van der Waals surface area contributed by atoms with Gasteiger partial charge in [0.25, 0.3) is 0 Å². The van der Waals surface area contributed by atoms with Crippen molar-refractivity contribution in [2.24, 2.45) is 0 Å². The highest BCUT2D eigenvalue weighted by Crippen LogP contribution is 2.07. The van der Waals surface area contributed by atoms with E-state index in [0.717, 1.165) is 0 Å². The van der Waals surface area contributed by atoms with Crippen LogP contribution in [0.15, 0.2) is 24.3 Å². The molecule has 1 aromatic carbocycles. The zero-order chi connectivity index (χ0) is 15.8. The van der Waals surface area contributed by atoms with Crippen LogP contribution in [0, 0.1) is 5.82 Å². The molecule has 0 aromatic heterocycles. The van der Waals surface area contributed by atoms with Gasteiger partial charge in [0.15, 0.2) is 5.78 Å². The van der Waals surface area contributed by atoms with Gasteiger partial charge in [-0.3, -0.25) is 14.4 Å². The maximum Gasteiger partial charge on any atom is 0.242 e. The fraction of sp³-hybridized carbons (Fsp3) is 0.400. The number of benzene rings is 1. The molecule has 5 nitrogen and oxygen atoms in total. The zero-order valence-electron chi connectivity index (χ0n) is 12.1. The molecule has 6 heteroatoms. The van der Waals surface area contributed by atoms with Crippen molar-refractivity contribution in [3.8, 4) is 0 Å². The van der Waals surface area contributed by atoms with Crippen molar-refractivity contribution in [2.75, 3.05) is 6.54 Å².